The van der Waals surface area contributed by atoms with Crippen molar-refractivity contribution in [3.8, 4) is 0 Å². The maximum absolute atomic E-state index is 13.1. The molecule has 0 aromatic rings. The van der Waals surface area contributed by atoms with E-state index in [-0.39, 0.29) is 0 Å². The molecular weight excluding hydrogens is 1730 g/mol. The fourth-order valence-corrected chi connectivity index (χ4v) is 16.5. The molecule has 10 heterocycles. The molecule has 0 unspecified atom stereocenters. The monoisotopic (exact) mass is 1840 g/mol. The second-order valence-electron chi connectivity index (χ2n) is 31.7. The Hall–Kier alpha value is -4.49. The van der Waals surface area contributed by atoms with Crippen molar-refractivity contribution in [2.45, 2.75) is 341 Å². The van der Waals surface area contributed by atoms with Crippen LogP contribution in [-0.2, 0) is 114 Å². The van der Waals surface area contributed by atoms with Crippen LogP contribution in [0.2, 0.25) is 0 Å². The molecule has 50 atom stereocenters. The normalized spacial score (nSPS) is 48.4. The molecule has 10 fully saturated rings. The van der Waals surface area contributed by atoms with Crippen LogP contribution in [-0.4, -0.2) is 540 Å². The van der Waals surface area contributed by atoms with Gasteiger partial charge in [-0.15, -0.1) is 0 Å². The summed E-state index contributed by atoms with van der Waals surface area (Å²) in [6.45, 7) is -6.14. The predicted molar refractivity (Wildman–Crippen MR) is 388 cm³/mol. The van der Waals surface area contributed by atoms with E-state index in [1.807, 2.05) is 0 Å². The van der Waals surface area contributed by atoms with Crippen LogP contribution in [0, 0.1) is 0 Å². The number of carbonyl (C=O) groups excluding carboxylic acids is 5. The lowest BCUT2D eigenvalue weighted by atomic mass is 9.93. The molecule has 0 bridgehead atoms. The average molecular weight is 1840 g/mol. The molecule has 56 nitrogen and oxygen atoms in total. The average Bonchev–Trinajstić information content (AvgIpc) is 0.763. The van der Waals surface area contributed by atoms with Gasteiger partial charge in [-0.1, -0.05) is 0 Å². The molecule has 0 spiro atoms. The molecule has 0 aliphatic carbocycles. The zero-order valence-electron chi connectivity index (χ0n) is 67.8. The van der Waals surface area contributed by atoms with E-state index < -0.39 is 402 Å². The summed E-state index contributed by atoms with van der Waals surface area (Å²) in [4.78, 5) is 63.6. The zero-order valence-corrected chi connectivity index (χ0v) is 67.8. The van der Waals surface area contributed by atoms with Gasteiger partial charge in [0.15, 0.2) is 62.9 Å². The first-order valence-corrected chi connectivity index (χ1v) is 40.1. The van der Waals surface area contributed by atoms with Gasteiger partial charge in [-0.3, -0.25) is 24.0 Å². The molecule has 0 aromatic carbocycles. The summed E-state index contributed by atoms with van der Waals surface area (Å²) in [5, 5.41) is 313. The highest BCUT2D eigenvalue weighted by Gasteiger charge is 2.62. The fourth-order valence-electron chi connectivity index (χ4n) is 16.5. The van der Waals surface area contributed by atoms with E-state index >= 15 is 0 Å². The minimum absolute atomic E-state index is 0.755. The first kappa shape index (κ1) is 104. The summed E-state index contributed by atoms with van der Waals surface area (Å²) in [5.41, 5.74) is 0. The van der Waals surface area contributed by atoms with Gasteiger partial charge in [-0.05, 0) is 0 Å². The quantitative estimate of drug-likeness (QED) is 0.0290. The minimum atomic E-state index is -2.40. The summed E-state index contributed by atoms with van der Waals surface area (Å²) in [6, 6.07) is -9.29. The third-order valence-electron chi connectivity index (χ3n) is 22.9. The highest BCUT2D eigenvalue weighted by atomic mass is 16.8. The van der Waals surface area contributed by atoms with Gasteiger partial charge in [0.1, 0.15) is 244 Å². The Morgan fingerprint density at radius 1 is 0.190 bits per heavy atom. The smallest absolute Gasteiger partial charge is 0.217 e. The van der Waals surface area contributed by atoms with Gasteiger partial charge in [-0.25, -0.2) is 0 Å². The predicted octanol–water partition coefficient (Wildman–Crippen LogP) is -22.1. The molecular formula is C70H117N5O51. The molecule has 10 rings (SSSR count). The number of hydrogen-bond acceptors (Lipinski definition) is 51. The van der Waals surface area contributed by atoms with Crippen molar-refractivity contribution < 1.29 is 252 Å². The maximum Gasteiger partial charge on any atom is 0.217 e. The van der Waals surface area contributed by atoms with Gasteiger partial charge in [-0.2, -0.15) is 0 Å². The van der Waals surface area contributed by atoms with Crippen LogP contribution in [0.4, 0.5) is 0 Å². The maximum atomic E-state index is 13.1. The van der Waals surface area contributed by atoms with E-state index in [1.165, 1.54) is 0 Å². The number of ether oxygens (including phenoxy) is 19. The van der Waals surface area contributed by atoms with Crippen molar-refractivity contribution >= 4 is 29.5 Å². The first-order valence-electron chi connectivity index (χ1n) is 40.1. The molecule has 56 heteroatoms. The van der Waals surface area contributed by atoms with Crippen molar-refractivity contribution in [3.05, 3.63) is 0 Å². The van der Waals surface area contributed by atoms with Gasteiger partial charge in [0.25, 0.3) is 0 Å². The van der Waals surface area contributed by atoms with Crippen molar-refractivity contribution in [1.29, 1.82) is 0 Å². The molecule has 0 radical (unpaired) electrons. The highest BCUT2D eigenvalue weighted by molar-refractivity contribution is 5.75. The van der Waals surface area contributed by atoms with Gasteiger partial charge >= 0.3 is 0 Å². The van der Waals surface area contributed by atoms with Crippen molar-refractivity contribution in [3.63, 3.8) is 0 Å². The lowest BCUT2D eigenvalue weighted by Gasteiger charge is -2.51. The number of carbonyl (C=O) groups is 5. The van der Waals surface area contributed by atoms with E-state index in [0.29, 0.717) is 0 Å². The number of nitrogens with one attached hydrogen (secondary N) is 5. The summed E-state index contributed by atoms with van der Waals surface area (Å²) in [5.74, 6) is -4.53. The van der Waals surface area contributed by atoms with E-state index in [4.69, 9.17) is 90.0 Å². The van der Waals surface area contributed by atoms with Crippen molar-refractivity contribution in [1.82, 2.24) is 26.6 Å². The summed E-state index contributed by atoms with van der Waals surface area (Å²) >= 11 is 0. The highest BCUT2D eigenvalue weighted by Crippen LogP contribution is 2.41. The second-order valence-corrected chi connectivity index (χ2v) is 31.7. The molecule has 0 saturated carbocycles. The summed E-state index contributed by atoms with van der Waals surface area (Å²) in [6.07, 6.45) is -91.8. The van der Waals surface area contributed by atoms with E-state index in [0.717, 1.165) is 34.6 Å². The topological polar surface area (TPSA) is 867 Å². The molecule has 0 aromatic heterocycles. The number of amides is 5. The summed E-state index contributed by atoms with van der Waals surface area (Å²) in [7, 11) is 0. The standard InChI is InChI=1S/C70H117N5O51/c1-16(86)71-31-41(96)52(26(11-81)108-61(31)107)119-67-48(103)57(37(92)22(7-77)110-67)123-63-33(73-18(3)88)43(98)54(28(13-83)115-63)121-69-50(105)59(39(94)24(9-79)112-69)125-65-35(75-20(5)90)45(100)56(30(15-85)117-65)122-70-51(106)60(40(95)25(10-80)113-70)126-64-34(74-19(4)89)44(99)55(29(14-84)116-64)120-68-49(104)58(38(93)23(8-78)111-68)124-62-32(72-17(2)87)42(97)53(27(12-82)114-62)118-66-47(102)46(101)36(91)21(6-76)109-66/h21-70,76-85,91-107H,6-15H2,1-5H3,(H,71,86)(H,72,87)(H,73,88)(H,74,89)(H,75,90)/t21-,22-,23-,24-,25-,26-,27-,28-,29-,30-,31-,32-,33-,34-,35-,36+,37+,38+,39+,40+,41-,42-,43-,44-,45-,46+,47-,48-,49-,50-,51-,52-,53-,54-,55-,56-,57+,58+,59+,60+,61-,62+,63+,64+,65+,66+,67+,68+,69+,70+/m1/s1. The molecule has 5 amide bonds. The Labute approximate surface area is 713 Å². The van der Waals surface area contributed by atoms with E-state index in [2.05, 4.69) is 26.6 Å². The number of hydrogen-bond donors (Lipinski definition) is 32. The van der Waals surface area contributed by atoms with Crippen molar-refractivity contribution in [2.75, 3.05) is 66.1 Å². The van der Waals surface area contributed by atoms with E-state index in [9.17, 15) is 162 Å². The minimum Gasteiger partial charge on any atom is -0.394 e. The summed E-state index contributed by atoms with van der Waals surface area (Å²) < 4.78 is 111. The largest absolute Gasteiger partial charge is 0.394 e. The molecule has 728 valence electrons. The Morgan fingerprint density at radius 3 is 0.563 bits per heavy atom. The molecule has 126 heavy (non-hydrogen) atoms. The Morgan fingerprint density at radius 2 is 0.357 bits per heavy atom. The zero-order chi connectivity index (χ0) is 92.8. The van der Waals surface area contributed by atoms with Crippen LogP contribution in [0.25, 0.3) is 0 Å². The number of aliphatic hydroxyl groups is 27. The number of rotatable bonds is 33. The van der Waals surface area contributed by atoms with Crippen LogP contribution in [0.5, 0.6) is 0 Å². The van der Waals surface area contributed by atoms with Crippen LogP contribution >= 0.6 is 0 Å². The molecule has 10 aliphatic heterocycles. The van der Waals surface area contributed by atoms with Gasteiger partial charge < -0.3 is 254 Å². The van der Waals surface area contributed by atoms with Crippen LogP contribution < -0.4 is 26.6 Å². The lowest BCUT2D eigenvalue weighted by molar-refractivity contribution is -0.390. The van der Waals surface area contributed by atoms with Gasteiger partial charge in [0.2, 0.25) is 29.5 Å². The molecule has 32 N–H and O–H groups in total. The van der Waals surface area contributed by atoms with Crippen LogP contribution in [0.3, 0.4) is 0 Å². The molecule has 10 saturated heterocycles. The van der Waals surface area contributed by atoms with Crippen molar-refractivity contribution in [2.24, 2.45) is 0 Å². The Balaban J connectivity index is 0.822. The van der Waals surface area contributed by atoms with E-state index in [1.54, 1.807) is 0 Å². The third kappa shape index (κ3) is 22.8. The van der Waals surface area contributed by atoms with Gasteiger partial charge in [0, 0.05) is 34.6 Å². The third-order valence-corrected chi connectivity index (χ3v) is 22.9. The van der Waals surface area contributed by atoms with Crippen LogP contribution in [0.1, 0.15) is 34.6 Å². The Bertz CT molecular complexity index is 3440. The van der Waals surface area contributed by atoms with Crippen LogP contribution in [0.15, 0.2) is 0 Å². The second kappa shape index (κ2) is 45.5. The Kier molecular flexibility index (Phi) is 37.4. The first-order chi connectivity index (χ1) is 59.7. The molecule has 10 aliphatic rings. The SMILES string of the molecule is CC(=O)N[C@@H]1[C@@H](O)[C@H](O[C@@H]2O[C@H](CO)[C@H](O)[C@H](O[C@@H]3O[C@H](CO)[C@@H](O[C@@H]4O[C@H](CO)[C@H](O)[C@H](O[C@@H]5O[C@H](CO)[C@@H](O[C@@H]6O[C@H](CO)[C@H](O)[C@H](O[C@@H]7O[C@H](CO)[C@@H](O[C@@H]8O[C@H](CO)[C@H](O)[C@H](O[C@@H]9O[C@H](CO)[C@@H](O[C@@H]%10O[C@H](CO)[C@H](O)[C@H](O)[C@H]%10O)[C@H](O)[C@H]9NC(C)=O)[C@H]8O)[C@H](O)[C@H]7NC(C)=O)[C@H]6O)[C@H](O)[C@H]5NC(C)=O)[C@H]4O)[C@H](O)[C@H]3NC(C)=O)[C@H]2O)[C@@H](CO)O[C@H]1O. The number of aliphatic hydroxyl groups excluding tert-OH is 27. The lowest BCUT2D eigenvalue weighted by Crippen LogP contribution is -2.71. The fraction of sp³-hybridized carbons (Fsp3) is 0.929. The van der Waals surface area contributed by atoms with Gasteiger partial charge in [0.05, 0.1) is 66.1 Å².